The number of halogens is 1. The Hall–Kier alpha value is -0.600. The molecule has 0 spiro atoms. The van der Waals surface area contributed by atoms with Gasteiger partial charge in [-0.3, -0.25) is 4.79 Å². The van der Waals surface area contributed by atoms with Crippen LogP contribution in [-0.2, 0) is 4.79 Å². The first kappa shape index (κ1) is 9.49. The van der Waals surface area contributed by atoms with Gasteiger partial charge in [-0.15, -0.1) is 0 Å². The van der Waals surface area contributed by atoms with Gasteiger partial charge >= 0.3 is 0 Å². The van der Waals surface area contributed by atoms with E-state index in [2.05, 4.69) is 0 Å². The number of Topliss-reactive ketones (excluding diaryl/α,β-unsaturated/α-hetero) is 1. The number of ketones is 1. The lowest BCUT2D eigenvalue weighted by molar-refractivity contribution is -0.115. The van der Waals surface area contributed by atoms with Crippen LogP contribution in [0.25, 0.3) is 0 Å². The Bertz CT molecular complexity index is 253. The molecular formula is C9H11ClO2. The van der Waals surface area contributed by atoms with Crippen molar-refractivity contribution in [1.82, 2.24) is 0 Å². The van der Waals surface area contributed by atoms with Crippen molar-refractivity contribution in [3.05, 3.63) is 22.8 Å². The van der Waals surface area contributed by atoms with Gasteiger partial charge in [0.05, 0.1) is 6.10 Å². The molecule has 0 fully saturated rings. The second-order valence-electron chi connectivity index (χ2n) is 2.87. The zero-order valence-electron chi connectivity index (χ0n) is 6.88. The molecule has 0 aromatic heterocycles. The van der Waals surface area contributed by atoms with E-state index >= 15 is 0 Å². The van der Waals surface area contributed by atoms with Gasteiger partial charge in [-0.1, -0.05) is 17.7 Å². The number of carbonyl (C=O) groups is 1. The van der Waals surface area contributed by atoms with E-state index in [4.69, 9.17) is 11.6 Å². The van der Waals surface area contributed by atoms with Crippen LogP contribution in [-0.4, -0.2) is 17.0 Å². The first-order valence-corrected chi connectivity index (χ1v) is 4.26. The van der Waals surface area contributed by atoms with E-state index in [1.807, 2.05) is 0 Å². The molecule has 66 valence electrons. The average molecular weight is 187 g/mol. The summed E-state index contributed by atoms with van der Waals surface area (Å²) >= 11 is 5.33. The summed E-state index contributed by atoms with van der Waals surface area (Å²) in [6.45, 7) is 1.78. The fraction of sp³-hybridized carbons (Fsp3) is 0.444. The zero-order valence-corrected chi connectivity index (χ0v) is 7.64. The van der Waals surface area contributed by atoms with Gasteiger partial charge in [-0.2, -0.15) is 0 Å². The van der Waals surface area contributed by atoms with Gasteiger partial charge in [0.2, 0.25) is 0 Å². The zero-order chi connectivity index (χ0) is 9.14. The Morgan fingerprint density at radius 2 is 2.42 bits per heavy atom. The molecule has 2 nitrogen and oxygen atoms in total. The molecule has 0 aromatic carbocycles. The van der Waals surface area contributed by atoms with Crippen molar-refractivity contribution in [2.24, 2.45) is 0 Å². The van der Waals surface area contributed by atoms with E-state index in [0.29, 0.717) is 12.0 Å². The third-order valence-electron chi connectivity index (χ3n) is 2.10. The van der Waals surface area contributed by atoms with Crippen molar-refractivity contribution < 1.29 is 9.90 Å². The normalized spacial score (nSPS) is 24.6. The predicted molar refractivity (Wildman–Crippen MR) is 47.9 cm³/mol. The van der Waals surface area contributed by atoms with Gasteiger partial charge < -0.3 is 5.11 Å². The fourth-order valence-corrected chi connectivity index (χ4v) is 1.40. The van der Waals surface area contributed by atoms with Crippen LogP contribution >= 0.6 is 11.6 Å². The predicted octanol–water partition coefficient (Wildman–Crippen LogP) is 1.78. The SMILES string of the molecule is CC1=C(CC=CCl)C(=O)CC1O. The largest absolute Gasteiger partial charge is 0.388 e. The van der Waals surface area contributed by atoms with Crippen LogP contribution < -0.4 is 0 Å². The minimum atomic E-state index is -0.573. The summed E-state index contributed by atoms with van der Waals surface area (Å²) in [4.78, 5) is 11.2. The van der Waals surface area contributed by atoms with Gasteiger partial charge in [0.25, 0.3) is 0 Å². The highest BCUT2D eigenvalue weighted by molar-refractivity contribution is 6.25. The van der Waals surface area contributed by atoms with Crippen LogP contribution in [0.4, 0.5) is 0 Å². The lowest BCUT2D eigenvalue weighted by atomic mass is 10.1. The summed E-state index contributed by atoms with van der Waals surface area (Å²) in [5, 5.41) is 9.30. The molecule has 1 atom stereocenters. The molecule has 0 aliphatic heterocycles. The Morgan fingerprint density at radius 3 is 2.83 bits per heavy atom. The van der Waals surface area contributed by atoms with Crippen molar-refractivity contribution in [3.63, 3.8) is 0 Å². The summed E-state index contributed by atoms with van der Waals surface area (Å²) < 4.78 is 0. The summed E-state index contributed by atoms with van der Waals surface area (Å²) in [5.74, 6) is 0.0368. The summed E-state index contributed by atoms with van der Waals surface area (Å²) in [6.07, 6.45) is 1.90. The smallest absolute Gasteiger partial charge is 0.162 e. The molecule has 1 rings (SSSR count). The van der Waals surface area contributed by atoms with Crippen molar-refractivity contribution in [2.45, 2.75) is 25.9 Å². The van der Waals surface area contributed by atoms with Crippen LogP contribution in [0.1, 0.15) is 19.8 Å². The molecule has 1 unspecified atom stereocenters. The number of aliphatic hydroxyl groups excluding tert-OH is 1. The van der Waals surface area contributed by atoms with Crippen LogP contribution in [0.3, 0.4) is 0 Å². The van der Waals surface area contributed by atoms with Crippen molar-refractivity contribution >= 4 is 17.4 Å². The number of aliphatic hydroxyl groups is 1. The molecular weight excluding hydrogens is 176 g/mol. The van der Waals surface area contributed by atoms with E-state index in [1.54, 1.807) is 13.0 Å². The molecule has 1 N–H and O–H groups in total. The van der Waals surface area contributed by atoms with Crippen LogP contribution in [0.5, 0.6) is 0 Å². The summed E-state index contributed by atoms with van der Waals surface area (Å²) in [5.41, 5.74) is 2.88. The van der Waals surface area contributed by atoms with Gasteiger partial charge in [0.15, 0.2) is 5.78 Å². The Morgan fingerprint density at radius 1 is 1.75 bits per heavy atom. The molecule has 0 saturated carbocycles. The van der Waals surface area contributed by atoms with Crippen LogP contribution in [0.2, 0.25) is 0 Å². The Labute approximate surface area is 76.5 Å². The third-order valence-corrected chi connectivity index (χ3v) is 2.28. The van der Waals surface area contributed by atoms with Crippen molar-refractivity contribution in [2.75, 3.05) is 0 Å². The standard InChI is InChI=1S/C9H11ClO2/c1-6-7(3-2-4-10)9(12)5-8(6)11/h2,4,8,11H,3,5H2,1H3. The highest BCUT2D eigenvalue weighted by Gasteiger charge is 2.26. The Kier molecular flexibility index (Phi) is 3.06. The molecule has 0 radical (unpaired) electrons. The monoisotopic (exact) mass is 186 g/mol. The molecule has 1 aliphatic rings. The summed E-state index contributed by atoms with van der Waals surface area (Å²) in [6, 6.07) is 0. The molecule has 12 heavy (non-hydrogen) atoms. The maximum Gasteiger partial charge on any atom is 0.162 e. The summed E-state index contributed by atoms with van der Waals surface area (Å²) in [7, 11) is 0. The molecule has 0 saturated heterocycles. The number of hydrogen-bond acceptors (Lipinski definition) is 2. The molecule has 3 heteroatoms. The molecule has 1 aliphatic carbocycles. The lowest BCUT2D eigenvalue weighted by Gasteiger charge is -1.99. The van der Waals surface area contributed by atoms with Crippen LogP contribution in [0, 0.1) is 0 Å². The minimum Gasteiger partial charge on any atom is -0.388 e. The number of hydrogen-bond donors (Lipinski definition) is 1. The second kappa shape index (κ2) is 3.87. The quantitative estimate of drug-likeness (QED) is 0.714. The van der Waals surface area contributed by atoms with Crippen LogP contribution in [0.15, 0.2) is 22.8 Å². The van der Waals surface area contributed by atoms with Gasteiger partial charge in [0, 0.05) is 17.5 Å². The molecule has 0 amide bonds. The van der Waals surface area contributed by atoms with Gasteiger partial charge in [-0.25, -0.2) is 0 Å². The highest BCUT2D eigenvalue weighted by Crippen LogP contribution is 2.25. The number of carbonyl (C=O) groups excluding carboxylic acids is 1. The van der Waals surface area contributed by atoms with Crippen molar-refractivity contribution in [1.29, 1.82) is 0 Å². The van der Waals surface area contributed by atoms with E-state index in [-0.39, 0.29) is 12.2 Å². The van der Waals surface area contributed by atoms with Gasteiger partial charge in [0.1, 0.15) is 0 Å². The molecule has 0 heterocycles. The fourth-order valence-electron chi connectivity index (χ4n) is 1.31. The van der Waals surface area contributed by atoms with E-state index < -0.39 is 6.10 Å². The molecule has 0 bridgehead atoms. The van der Waals surface area contributed by atoms with E-state index in [9.17, 15) is 9.90 Å². The Balaban J connectivity index is 2.78. The van der Waals surface area contributed by atoms with E-state index in [1.165, 1.54) is 5.54 Å². The maximum atomic E-state index is 11.2. The topological polar surface area (TPSA) is 37.3 Å². The third kappa shape index (κ3) is 1.76. The van der Waals surface area contributed by atoms with E-state index in [0.717, 1.165) is 5.57 Å². The molecule has 0 aromatic rings. The first-order valence-electron chi connectivity index (χ1n) is 3.83. The number of rotatable bonds is 2. The van der Waals surface area contributed by atoms with Gasteiger partial charge in [-0.05, 0) is 18.9 Å². The highest BCUT2D eigenvalue weighted by atomic mass is 35.5. The maximum absolute atomic E-state index is 11.2. The lowest BCUT2D eigenvalue weighted by Crippen LogP contribution is -2.03. The minimum absolute atomic E-state index is 0.0368. The second-order valence-corrected chi connectivity index (χ2v) is 3.12. The first-order chi connectivity index (χ1) is 5.66. The average Bonchev–Trinajstić information content (AvgIpc) is 2.25. The number of allylic oxidation sites excluding steroid dienone is 2. The van der Waals surface area contributed by atoms with Crippen molar-refractivity contribution in [3.8, 4) is 0 Å².